The van der Waals surface area contributed by atoms with E-state index in [0.717, 1.165) is 28.4 Å². The Morgan fingerprint density at radius 1 is 1.19 bits per heavy atom. The number of H-pyrrole nitrogens is 1. The van der Waals surface area contributed by atoms with Crippen LogP contribution < -0.4 is 10.2 Å². The van der Waals surface area contributed by atoms with Crippen LogP contribution in [0.2, 0.25) is 0 Å². The minimum absolute atomic E-state index is 0.0189. The van der Waals surface area contributed by atoms with Crippen LogP contribution in [0, 0.1) is 6.92 Å². The van der Waals surface area contributed by atoms with Crippen LogP contribution in [0.5, 0.6) is 0 Å². The van der Waals surface area contributed by atoms with Gasteiger partial charge in [-0.1, -0.05) is 30.0 Å². The van der Waals surface area contributed by atoms with E-state index in [9.17, 15) is 4.79 Å². The van der Waals surface area contributed by atoms with Gasteiger partial charge in [-0.05, 0) is 36.8 Å². The van der Waals surface area contributed by atoms with Crippen molar-refractivity contribution in [1.29, 1.82) is 0 Å². The molecule has 0 unspecified atom stereocenters. The number of imidazole rings is 1. The predicted octanol–water partition coefficient (Wildman–Crippen LogP) is 2.78. The summed E-state index contributed by atoms with van der Waals surface area (Å²) in [4.78, 5) is 21.7. The van der Waals surface area contributed by atoms with E-state index in [4.69, 9.17) is 0 Å². The number of aryl methyl sites for hydroxylation is 1. The highest BCUT2D eigenvalue weighted by molar-refractivity contribution is 7.99. The van der Waals surface area contributed by atoms with Gasteiger partial charge in [-0.15, -0.1) is 0 Å². The van der Waals surface area contributed by atoms with Gasteiger partial charge in [0.1, 0.15) is 6.54 Å². The number of carbonyl (C=O) groups is 1. The van der Waals surface area contributed by atoms with Gasteiger partial charge in [-0.25, -0.2) is 4.98 Å². The van der Waals surface area contributed by atoms with Gasteiger partial charge in [-0.3, -0.25) is 4.79 Å². The van der Waals surface area contributed by atoms with Gasteiger partial charge < -0.3 is 15.2 Å². The third-order valence-electron chi connectivity index (χ3n) is 4.96. The molecule has 1 aromatic heterocycles. The third kappa shape index (κ3) is 4.70. The van der Waals surface area contributed by atoms with Gasteiger partial charge >= 0.3 is 0 Å². The molecule has 0 atom stereocenters. The molecule has 1 aliphatic heterocycles. The number of benzene rings is 2. The van der Waals surface area contributed by atoms with E-state index >= 15 is 0 Å². The van der Waals surface area contributed by atoms with Gasteiger partial charge in [0.15, 0.2) is 5.16 Å². The largest absolute Gasteiger partial charge is 0.333 e. The number of carbonyl (C=O) groups excluding carboxylic acids is 1. The van der Waals surface area contributed by atoms with Crippen molar-refractivity contribution in [2.24, 2.45) is 0 Å². The number of amides is 1. The van der Waals surface area contributed by atoms with E-state index in [1.807, 2.05) is 24.3 Å². The van der Waals surface area contributed by atoms with Gasteiger partial charge in [0, 0.05) is 24.1 Å². The van der Waals surface area contributed by atoms with Crippen molar-refractivity contribution in [2.45, 2.75) is 31.5 Å². The van der Waals surface area contributed by atoms with E-state index in [1.165, 1.54) is 48.8 Å². The molecule has 0 spiro atoms. The molecule has 2 aromatic carbocycles. The van der Waals surface area contributed by atoms with Crippen LogP contribution in [0.15, 0.2) is 47.6 Å². The summed E-state index contributed by atoms with van der Waals surface area (Å²) in [7, 11) is 0. The lowest BCUT2D eigenvalue weighted by atomic mass is 10.2. The Hall–Kier alpha value is -2.31. The molecule has 27 heavy (non-hydrogen) atoms. The lowest BCUT2D eigenvalue weighted by Crippen LogP contribution is -3.08. The molecule has 1 amide bonds. The zero-order valence-electron chi connectivity index (χ0n) is 15.5. The molecule has 6 heteroatoms. The van der Waals surface area contributed by atoms with Crippen molar-refractivity contribution < 1.29 is 9.69 Å². The Labute approximate surface area is 163 Å². The molecule has 1 saturated heterocycles. The minimum Gasteiger partial charge on any atom is -0.333 e. The number of hydrogen-bond donors (Lipinski definition) is 3. The summed E-state index contributed by atoms with van der Waals surface area (Å²) in [5, 5.41) is 3.74. The number of quaternary nitrogens is 1. The Kier molecular flexibility index (Phi) is 5.45. The molecule has 5 nitrogen and oxygen atoms in total. The molecule has 0 radical (unpaired) electrons. The highest BCUT2D eigenvalue weighted by Gasteiger charge is 2.15. The Balaban J connectivity index is 1.29. The Morgan fingerprint density at radius 3 is 2.74 bits per heavy atom. The zero-order chi connectivity index (χ0) is 18.6. The van der Waals surface area contributed by atoms with Crippen molar-refractivity contribution in [3.63, 3.8) is 0 Å². The van der Waals surface area contributed by atoms with Crippen molar-refractivity contribution in [2.75, 3.05) is 24.2 Å². The van der Waals surface area contributed by atoms with Crippen LogP contribution in [-0.2, 0) is 11.3 Å². The average molecular weight is 382 g/mol. The number of nitrogens with zero attached hydrogens (tertiary/aromatic N) is 1. The van der Waals surface area contributed by atoms with Gasteiger partial charge in [0.05, 0.1) is 29.9 Å². The van der Waals surface area contributed by atoms with Crippen LogP contribution in [0.1, 0.15) is 24.0 Å². The maximum absolute atomic E-state index is 12.2. The highest BCUT2D eigenvalue weighted by Crippen LogP contribution is 2.20. The number of anilines is 1. The summed E-state index contributed by atoms with van der Waals surface area (Å²) in [6, 6.07) is 14.3. The average Bonchev–Trinajstić information content (AvgIpc) is 3.30. The van der Waals surface area contributed by atoms with Crippen molar-refractivity contribution in [3.05, 3.63) is 53.6 Å². The van der Waals surface area contributed by atoms with E-state index in [2.05, 4.69) is 40.4 Å². The first-order valence-electron chi connectivity index (χ1n) is 9.47. The number of fused-ring (bicyclic) bond motifs is 1. The lowest BCUT2D eigenvalue weighted by Gasteiger charge is -2.12. The van der Waals surface area contributed by atoms with E-state index in [1.54, 1.807) is 4.90 Å². The molecule has 2 heterocycles. The first kappa shape index (κ1) is 18.1. The highest BCUT2D eigenvalue weighted by atomic mass is 32.2. The Morgan fingerprint density at radius 2 is 1.96 bits per heavy atom. The van der Waals surface area contributed by atoms with Crippen molar-refractivity contribution in [1.82, 2.24) is 9.97 Å². The van der Waals surface area contributed by atoms with Crippen molar-refractivity contribution in [3.8, 4) is 0 Å². The van der Waals surface area contributed by atoms with Crippen LogP contribution in [0.3, 0.4) is 0 Å². The van der Waals surface area contributed by atoms with Crippen LogP contribution in [0.4, 0.5) is 5.69 Å². The van der Waals surface area contributed by atoms with Gasteiger partial charge in [0.2, 0.25) is 5.91 Å². The van der Waals surface area contributed by atoms with E-state index in [0.29, 0.717) is 5.75 Å². The van der Waals surface area contributed by atoms with Crippen LogP contribution >= 0.6 is 11.8 Å². The minimum atomic E-state index is -0.0189. The van der Waals surface area contributed by atoms with Gasteiger partial charge in [0.25, 0.3) is 0 Å². The van der Waals surface area contributed by atoms with E-state index in [-0.39, 0.29) is 5.91 Å². The smallest absolute Gasteiger partial charge is 0.234 e. The number of aromatic amines is 1. The molecule has 1 aliphatic rings. The monoisotopic (exact) mass is 381 g/mol. The summed E-state index contributed by atoms with van der Waals surface area (Å²) >= 11 is 1.42. The predicted molar refractivity (Wildman–Crippen MR) is 110 cm³/mol. The number of nitrogens with one attached hydrogen (secondary N) is 3. The standard InChI is InChI=1S/C21H24N4OS/c1-15-4-9-18-19(12-15)24-21(23-18)27-14-20(26)22-17-7-5-16(6-8-17)13-25-10-2-3-11-25/h4-9,12H,2-3,10-11,13-14H2,1H3,(H,22,26)(H,23,24)/p+1. The molecule has 0 saturated carbocycles. The second-order valence-corrected chi connectivity index (χ2v) is 8.19. The molecule has 4 rings (SSSR count). The van der Waals surface area contributed by atoms with Crippen LogP contribution in [-0.4, -0.2) is 34.7 Å². The molecular formula is C21H25N4OS+. The maximum Gasteiger partial charge on any atom is 0.234 e. The fourth-order valence-electron chi connectivity index (χ4n) is 3.55. The molecule has 3 aromatic rings. The fourth-order valence-corrected chi connectivity index (χ4v) is 4.23. The lowest BCUT2D eigenvalue weighted by molar-refractivity contribution is -0.901. The van der Waals surface area contributed by atoms with Crippen molar-refractivity contribution >= 4 is 34.4 Å². The number of thioether (sulfide) groups is 1. The third-order valence-corrected chi connectivity index (χ3v) is 5.83. The molecule has 3 N–H and O–H groups in total. The SMILES string of the molecule is Cc1ccc2nc(SCC(=O)Nc3ccc(C[NH+]4CCCC4)cc3)[nH]c2c1. The summed E-state index contributed by atoms with van der Waals surface area (Å²) in [6.45, 7) is 5.68. The topological polar surface area (TPSA) is 62.2 Å². The maximum atomic E-state index is 12.2. The first-order chi connectivity index (χ1) is 13.2. The molecule has 1 fully saturated rings. The van der Waals surface area contributed by atoms with Gasteiger partial charge in [-0.2, -0.15) is 0 Å². The number of likely N-dealkylation sites (tertiary alicyclic amines) is 1. The van der Waals surface area contributed by atoms with Crippen LogP contribution in [0.25, 0.3) is 11.0 Å². The second kappa shape index (κ2) is 8.15. The summed E-state index contributed by atoms with van der Waals surface area (Å²) in [6.07, 6.45) is 2.68. The second-order valence-electron chi connectivity index (χ2n) is 7.23. The normalized spacial score (nSPS) is 14.7. The quantitative estimate of drug-likeness (QED) is 0.576. The number of aromatic nitrogens is 2. The zero-order valence-corrected chi connectivity index (χ0v) is 16.4. The Bertz CT molecular complexity index is 929. The molecule has 0 aliphatic carbocycles. The first-order valence-corrected chi connectivity index (χ1v) is 10.5. The van der Waals surface area contributed by atoms with E-state index < -0.39 is 0 Å². The summed E-state index contributed by atoms with van der Waals surface area (Å²) < 4.78 is 0. The number of rotatable bonds is 6. The fraction of sp³-hybridized carbons (Fsp3) is 0.333. The number of hydrogen-bond acceptors (Lipinski definition) is 3. The summed E-state index contributed by atoms with van der Waals surface area (Å²) in [5.41, 5.74) is 5.31. The summed E-state index contributed by atoms with van der Waals surface area (Å²) in [5.74, 6) is 0.313. The molecular weight excluding hydrogens is 356 g/mol. The molecule has 140 valence electrons. The molecule has 0 bridgehead atoms.